The van der Waals surface area contributed by atoms with Crippen LogP contribution in [-0.2, 0) is 31.0 Å². The van der Waals surface area contributed by atoms with Gasteiger partial charge in [0.25, 0.3) is 0 Å². The fourth-order valence-electron chi connectivity index (χ4n) is 3.71. The minimum atomic E-state index is -4.97. The van der Waals surface area contributed by atoms with Gasteiger partial charge in [0.2, 0.25) is 0 Å². The lowest BCUT2D eigenvalue weighted by atomic mass is 9.73. The Morgan fingerprint density at radius 2 is 1.30 bits per heavy atom. The van der Waals surface area contributed by atoms with Crippen molar-refractivity contribution in [3.8, 4) is 11.3 Å². The number of aryl methyl sites for hydroxylation is 1. The Labute approximate surface area is 246 Å². The van der Waals surface area contributed by atoms with Gasteiger partial charge >= 0.3 is 18.5 Å². The Balaban J connectivity index is 0.000000870. The predicted octanol–water partition coefficient (Wildman–Crippen LogP) is 10.9. The van der Waals surface area contributed by atoms with E-state index >= 15 is 0 Å². The molecule has 0 unspecified atom stereocenters. The van der Waals surface area contributed by atoms with E-state index in [2.05, 4.69) is 11.6 Å². The van der Waals surface area contributed by atoms with Gasteiger partial charge in [-0.05, 0) is 42.8 Å². The Bertz CT molecular complexity index is 1350. The molecule has 0 fully saturated rings. The highest BCUT2D eigenvalue weighted by Gasteiger charge is 2.43. The van der Waals surface area contributed by atoms with Gasteiger partial charge in [-0.3, -0.25) is 9.78 Å². The fourth-order valence-corrected chi connectivity index (χ4v) is 3.71. The first-order valence-corrected chi connectivity index (χ1v) is 13.2. The van der Waals surface area contributed by atoms with Crippen molar-refractivity contribution >= 4 is 5.78 Å². The SMILES string of the molecule is C=C(C)C(C)(C)c1c(-c2ccccn2)cc(C(F)(F)F)cc1C(F)(F)F.CC.CC.CC(=O)c1cc(C(F)(F)F)cn1C. The first kappa shape index (κ1) is 39.4. The average molecular weight is 625 g/mol. The van der Waals surface area contributed by atoms with Gasteiger partial charge < -0.3 is 4.57 Å². The van der Waals surface area contributed by atoms with Crippen LogP contribution in [0.2, 0.25) is 0 Å². The number of Topliss-reactive ketones (excluding diaryl/α,β-unsaturated/α-hetero) is 1. The summed E-state index contributed by atoms with van der Waals surface area (Å²) < 4.78 is 118. The molecule has 0 saturated heterocycles. The van der Waals surface area contributed by atoms with Gasteiger partial charge in [0, 0.05) is 37.3 Å². The Hall–Kier alpha value is -3.57. The van der Waals surface area contributed by atoms with E-state index in [4.69, 9.17) is 0 Å². The number of carbonyl (C=O) groups excluding carboxylic acids is 1. The number of alkyl halides is 9. The van der Waals surface area contributed by atoms with Crippen LogP contribution in [0.15, 0.2) is 60.9 Å². The minimum absolute atomic E-state index is 0.0356. The number of ketones is 1. The van der Waals surface area contributed by atoms with Crippen molar-refractivity contribution in [1.82, 2.24) is 9.55 Å². The molecule has 0 saturated carbocycles. The van der Waals surface area contributed by atoms with E-state index in [1.807, 2.05) is 27.7 Å². The lowest BCUT2D eigenvalue weighted by Crippen LogP contribution is -2.26. The van der Waals surface area contributed by atoms with E-state index in [0.717, 1.165) is 18.3 Å². The van der Waals surface area contributed by atoms with Crippen molar-refractivity contribution in [2.75, 3.05) is 0 Å². The largest absolute Gasteiger partial charge is 0.417 e. The van der Waals surface area contributed by atoms with Crippen LogP contribution in [0.5, 0.6) is 0 Å². The second-order valence-corrected chi connectivity index (χ2v) is 9.34. The summed E-state index contributed by atoms with van der Waals surface area (Å²) in [4.78, 5) is 14.8. The summed E-state index contributed by atoms with van der Waals surface area (Å²) in [6, 6.07) is 6.15. The Kier molecular flexibility index (Phi) is 14.0. The number of carbonyl (C=O) groups is 1. The van der Waals surface area contributed by atoms with Crippen LogP contribution in [0.25, 0.3) is 11.3 Å². The van der Waals surface area contributed by atoms with E-state index in [0.29, 0.717) is 5.57 Å². The molecule has 0 amide bonds. The summed E-state index contributed by atoms with van der Waals surface area (Å²) in [5, 5.41) is 0. The summed E-state index contributed by atoms with van der Waals surface area (Å²) in [7, 11) is 1.41. The quantitative estimate of drug-likeness (QED) is 0.164. The molecule has 3 rings (SSSR count). The number of aromatic nitrogens is 2. The first-order chi connectivity index (χ1) is 19.6. The maximum absolute atomic E-state index is 13.7. The van der Waals surface area contributed by atoms with Crippen LogP contribution in [0.3, 0.4) is 0 Å². The molecule has 0 N–H and O–H groups in total. The number of hydrogen-bond donors (Lipinski definition) is 0. The molecule has 12 heteroatoms. The van der Waals surface area contributed by atoms with Gasteiger partial charge in [-0.2, -0.15) is 39.5 Å². The van der Waals surface area contributed by atoms with Gasteiger partial charge in [-0.15, -0.1) is 0 Å². The minimum Gasteiger partial charge on any atom is -0.348 e. The number of allylic oxidation sites excluding steroid dienone is 1. The molecule has 0 atom stereocenters. The van der Waals surface area contributed by atoms with E-state index in [1.54, 1.807) is 6.92 Å². The molecule has 240 valence electrons. The molecule has 0 bridgehead atoms. The molecule has 0 aliphatic rings. The highest BCUT2D eigenvalue weighted by molar-refractivity contribution is 5.92. The van der Waals surface area contributed by atoms with Crippen LogP contribution in [0, 0.1) is 0 Å². The van der Waals surface area contributed by atoms with Crippen molar-refractivity contribution in [2.45, 2.75) is 79.3 Å². The fraction of sp³-hybridized carbons (Fsp3) is 0.419. The summed E-state index contributed by atoms with van der Waals surface area (Å²) in [5.41, 5.74) is -4.71. The Morgan fingerprint density at radius 3 is 1.63 bits per heavy atom. The van der Waals surface area contributed by atoms with Gasteiger partial charge in [0.05, 0.1) is 28.1 Å². The Morgan fingerprint density at radius 1 is 0.791 bits per heavy atom. The van der Waals surface area contributed by atoms with Crippen molar-refractivity contribution in [3.05, 3.63) is 88.9 Å². The van der Waals surface area contributed by atoms with Gasteiger partial charge in [0.15, 0.2) is 5.78 Å². The number of halogens is 9. The third-order valence-electron chi connectivity index (χ3n) is 6.10. The van der Waals surface area contributed by atoms with Gasteiger partial charge in [-0.1, -0.05) is 59.8 Å². The maximum atomic E-state index is 13.7. The normalized spacial score (nSPS) is 11.7. The lowest BCUT2D eigenvalue weighted by molar-refractivity contribution is -0.143. The summed E-state index contributed by atoms with van der Waals surface area (Å²) >= 11 is 0. The maximum Gasteiger partial charge on any atom is 0.417 e. The molecule has 3 nitrogen and oxygen atoms in total. The molecule has 3 aromatic rings. The third kappa shape index (κ3) is 10.3. The van der Waals surface area contributed by atoms with Crippen molar-refractivity contribution in [1.29, 1.82) is 0 Å². The highest BCUT2D eigenvalue weighted by Crippen LogP contribution is 2.47. The molecule has 0 aliphatic carbocycles. The third-order valence-corrected chi connectivity index (χ3v) is 6.10. The highest BCUT2D eigenvalue weighted by atomic mass is 19.4. The number of pyridine rings is 1. The first-order valence-electron chi connectivity index (χ1n) is 13.2. The van der Waals surface area contributed by atoms with Crippen molar-refractivity contribution in [3.63, 3.8) is 0 Å². The summed E-state index contributed by atoms with van der Waals surface area (Å²) in [6.07, 6.45) is -12.1. The second kappa shape index (κ2) is 15.2. The van der Waals surface area contributed by atoms with E-state index in [-0.39, 0.29) is 34.4 Å². The summed E-state index contributed by atoms with van der Waals surface area (Å²) in [5.74, 6) is -0.377. The van der Waals surface area contributed by atoms with Crippen molar-refractivity contribution < 1.29 is 44.3 Å². The molecule has 2 heterocycles. The predicted molar refractivity (Wildman–Crippen MR) is 151 cm³/mol. The second-order valence-electron chi connectivity index (χ2n) is 9.34. The van der Waals surface area contributed by atoms with Gasteiger partial charge in [0.1, 0.15) is 0 Å². The van der Waals surface area contributed by atoms with Gasteiger partial charge in [-0.25, -0.2) is 0 Å². The number of hydrogen-bond acceptors (Lipinski definition) is 2. The monoisotopic (exact) mass is 624 g/mol. The zero-order valence-corrected chi connectivity index (χ0v) is 25.5. The number of rotatable bonds is 4. The number of nitrogens with zero attached hydrogens (tertiary/aromatic N) is 2. The summed E-state index contributed by atoms with van der Waals surface area (Å²) in [6.45, 7) is 17.5. The topological polar surface area (TPSA) is 34.9 Å². The molecule has 0 spiro atoms. The molecule has 0 aliphatic heterocycles. The van der Waals surface area contributed by atoms with Crippen LogP contribution in [-0.4, -0.2) is 15.3 Å². The molecular weight excluding hydrogens is 587 g/mol. The number of benzene rings is 1. The average Bonchev–Trinajstić information content (AvgIpc) is 3.32. The molecule has 43 heavy (non-hydrogen) atoms. The van der Waals surface area contributed by atoms with E-state index in [9.17, 15) is 44.3 Å². The molecule has 1 aromatic carbocycles. The van der Waals surface area contributed by atoms with Crippen LogP contribution < -0.4 is 0 Å². The van der Waals surface area contributed by atoms with Crippen LogP contribution in [0.1, 0.15) is 88.1 Å². The van der Waals surface area contributed by atoms with Crippen molar-refractivity contribution in [2.24, 2.45) is 7.05 Å². The standard InChI is InChI=1S/C19H17F6N.C8H8F3NO.2C2H6/c1-11(2)17(3,4)16-13(15-7-5-6-8-26-15)9-12(18(20,21)22)10-14(16)19(23,24)25;1-5(13)7-3-6(4-12(7)2)8(9,10)11;2*1-2/h5-10H,1H2,2-4H3;3-4H,1-2H3;2*1-2H3. The zero-order chi connectivity index (χ0) is 34.1. The molecule has 0 radical (unpaired) electrons. The van der Waals surface area contributed by atoms with Crippen LogP contribution in [0.4, 0.5) is 39.5 Å². The van der Waals surface area contributed by atoms with E-state index in [1.165, 1.54) is 56.8 Å². The van der Waals surface area contributed by atoms with E-state index < -0.39 is 40.6 Å². The van der Waals surface area contributed by atoms with Crippen LogP contribution >= 0.6 is 0 Å². The zero-order valence-electron chi connectivity index (χ0n) is 25.5. The molecular formula is C31H37F9N2O. The smallest absolute Gasteiger partial charge is 0.348 e. The lowest BCUT2D eigenvalue weighted by Gasteiger charge is -2.32. The molecule has 2 aromatic heterocycles.